The lowest BCUT2D eigenvalue weighted by Gasteiger charge is -2.44. The third-order valence-corrected chi connectivity index (χ3v) is 6.43. The molecule has 0 aliphatic carbocycles. The van der Waals surface area contributed by atoms with Crippen molar-refractivity contribution >= 4 is 29.3 Å². The van der Waals surface area contributed by atoms with Crippen LogP contribution in [-0.2, 0) is 9.59 Å². The molecule has 1 spiro atoms. The Bertz CT molecular complexity index is 646. The number of halogens is 1. The fraction of sp³-hybridized carbons (Fsp3) is 0.529. The molecule has 2 aliphatic rings. The minimum absolute atomic E-state index is 0.0989. The van der Waals surface area contributed by atoms with Crippen molar-refractivity contribution in [1.82, 2.24) is 9.80 Å². The normalized spacial score (nSPS) is 23.5. The Morgan fingerprint density at radius 1 is 1.29 bits per heavy atom. The molecule has 1 atom stereocenters. The number of likely N-dealkylation sites (tertiary alicyclic amines) is 1. The van der Waals surface area contributed by atoms with Crippen LogP contribution in [0.5, 0.6) is 0 Å². The molecule has 0 bridgehead atoms. The summed E-state index contributed by atoms with van der Waals surface area (Å²) in [6.45, 7) is 3.31. The lowest BCUT2D eigenvalue weighted by atomic mass is 10.0. The van der Waals surface area contributed by atoms with Gasteiger partial charge in [0.25, 0.3) is 0 Å². The highest BCUT2D eigenvalue weighted by Crippen LogP contribution is 2.46. The Balaban J connectivity index is 1.79. The minimum atomic E-state index is -0.560. The van der Waals surface area contributed by atoms with Crippen molar-refractivity contribution in [2.45, 2.75) is 30.7 Å². The van der Waals surface area contributed by atoms with E-state index in [2.05, 4.69) is 17.3 Å². The minimum Gasteiger partial charge on any atom is -0.322 e. The van der Waals surface area contributed by atoms with Crippen molar-refractivity contribution in [2.24, 2.45) is 0 Å². The molecule has 2 aliphatic heterocycles. The number of amides is 2. The van der Waals surface area contributed by atoms with Gasteiger partial charge in [-0.2, -0.15) is 0 Å². The summed E-state index contributed by atoms with van der Waals surface area (Å²) in [7, 11) is 2.06. The van der Waals surface area contributed by atoms with Gasteiger partial charge in [0.05, 0.1) is 10.6 Å². The van der Waals surface area contributed by atoms with E-state index in [9.17, 15) is 14.0 Å². The number of carbonyl (C=O) groups is 2. The van der Waals surface area contributed by atoms with E-state index in [1.807, 2.05) is 0 Å². The molecule has 1 N–H and O–H groups in total. The Labute approximate surface area is 145 Å². The lowest BCUT2D eigenvalue weighted by molar-refractivity contribution is -0.140. The van der Waals surface area contributed by atoms with Crippen LogP contribution in [0.3, 0.4) is 0 Å². The Morgan fingerprint density at radius 2 is 1.96 bits per heavy atom. The first kappa shape index (κ1) is 17.2. The van der Waals surface area contributed by atoms with Crippen LogP contribution >= 0.6 is 11.8 Å². The van der Waals surface area contributed by atoms with E-state index >= 15 is 0 Å². The van der Waals surface area contributed by atoms with Gasteiger partial charge in [-0.1, -0.05) is 12.1 Å². The number of carbonyl (C=O) groups excluding carboxylic acids is 2. The summed E-state index contributed by atoms with van der Waals surface area (Å²) in [6, 6.07) is 5.52. The second kappa shape index (κ2) is 6.72. The van der Waals surface area contributed by atoms with Crippen LogP contribution in [0.15, 0.2) is 24.3 Å². The smallest absolute Gasteiger partial charge is 0.248 e. The Morgan fingerprint density at radius 3 is 2.58 bits per heavy atom. The lowest BCUT2D eigenvalue weighted by Crippen LogP contribution is -2.56. The van der Waals surface area contributed by atoms with Gasteiger partial charge in [0.2, 0.25) is 11.8 Å². The van der Waals surface area contributed by atoms with E-state index in [0.29, 0.717) is 5.75 Å². The third kappa shape index (κ3) is 3.15. The summed E-state index contributed by atoms with van der Waals surface area (Å²) in [5.41, 5.74) is 0.153. The van der Waals surface area contributed by atoms with E-state index < -0.39 is 11.9 Å². The monoisotopic (exact) mass is 351 g/mol. The predicted octanol–water partition coefficient (Wildman–Crippen LogP) is 2.15. The molecule has 2 amide bonds. The average Bonchev–Trinajstić information content (AvgIpc) is 2.92. The highest BCUT2D eigenvalue weighted by atomic mass is 32.2. The number of hydrogen-bond donors (Lipinski definition) is 1. The maximum absolute atomic E-state index is 13.8. The quantitative estimate of drug-likeness (QED) is 0.887. The SMILES string of the molecule is CC(=O)N1C(C(=O)Nc2ccccc2F)CSC12CCN(C)CC2. The van der Waals surface area contributed by atoms with Crippen LogP contribution < -0.4 is 5.32 Å². The summed E-state index contributed by atoms with van der Waals surface area (Å²) >= 11 is 1.68. The van der Waals surface area contributed by atoms with Gasteiger partial charge >= 0.3 is 0 Å². The molecule has 2 heterocycles. The molecule has 1 unspecified atom stereocenters. The van der Waals surface area contributed by atoms with E-state index in [-0.39, 0.29) is 22.4 Å². The van der Waals surface area contributed by atoms with Gasteiger partial charge in [-0.3, -0.25) is 9.59 Å². The van der Waals surface area contributed by atoms with Crippen LogP contribution in [0.1, 0.15) is 19.8 Å². The zero-order valence-electron chi connectivity index (χ0n) is 13.9. The molecule has 1 aromatic carbocycles. The van der Waals surface area contributed by atoms with Crippen molar-refractivity contribution in [3.8, 4) is 0 Å². The maximum atomic E-state index is 13.8. The predicted molar refractivity (Wildman–Crippen MR) is 93.3 cm³/mol. The summed E-state index contributed by atoms with van der Waals surface area (Å²) < 4.78 is 13.8. The molecule has 7 heteroatoms. The van der Waals surface area contributed by atoms with Crippen molar-refractivity contribution in [3.05, 3.63) is 30.1 Å². The van der Waals surface area contributed by atoms with Crippen molar-refractivity contribution in [3.63, 3.8) is 0 Å². The largest absolute Gasteiger partial charge is 0.322 e. The number of hydrogen-bond acceptors (Lipinski definition) is 4. The summed E-state index contributed by atoms with van der Waals surface area (Å²) in [5, 5.41) is 2.64. The van der Waals surface area contributed by atoms with E-state index in [1.54, 1.807) is 28.8 Å². The number of piperidine rings is 1. The molecule has 130 valence electrons. The Hall–Kier alpha value is -1.60. The number of nitrogens with one attached hydrogen (secondary N) is 1. The number of rotatable bonds is 2. The van der Waals surface area contributed by atoms with Gasteiger partial charge in [-0.25, -0.2) is 4.39 Å². The van der Waals surface area contributed by atoms with Crippen LogP contribution in [-0.4, -0.2) is 58.4 Å². The summed E-state index contributed by atoms with van der Waals surface area (Å²) in [5.74, 6) is -0.347. The molecule has 2 saturated heterocycles. The molecular formula is C17H22FN3O2S. The van der Waals surface area contributed by atoms with Crippen LogP contribution in [0.2, 0.25) is 0 Å². The molecular weight excluding hydrogens is 329 g/mol. The zero-order chi connectivity index (χ0) is 17.3. The van der Waals surface area contributed by atoms with Gasteiger partial charge in [0, 0.05) is 25.8 Å². The number of thioether (sulfide) groups is 1. The molecule has 1 aromatic rings. The van der Waals surface area contributed by atoms with Crippen LogP contribution in [0.25, 0.3) is 0 Å². The van der Waals surface area contributed by atoms with Crippen LogP contribution in [0.4, 0.5) is 10.1 Å². The summed E-state index contributed by atoms with van der Waals surface area (Å²) in [6.07, 6.45) is 1.69. The van der Waals surface area contributed by atoms with Crippen molar-refractivity contribution in [1.29, 1.82) is 0 Å². The number of nitrogens with zero attached hydrogens (tertiary/aromatic N) is 2. The van der Waals surface area contributed by atoms with Gasteiger partial charge in [-0.05, 0) is 32.0 Å². The number of para-hydroxylation sites is 1. The number of anilines is 1. The Kier molecular flexibility index (Phi) is 4.83. The van der Waals surface area contributed by atoms with E-state index in [4.69, 9.17) is 0 Å². The second-order valence-corrected chi connectivity index (χ2v) is 7.82. The first-order chi connectivity index (χ1) is 11.4. The maximum Gasteiger partial charge on any atom is 0.248 e. The molecule has 0 aromatic heterocycles. The molecule has 0 saturated carbocycles. The van der Waals surface area contributed by atoms with E-state index in [0.717, 1.165) is 25.9 Å². The average molecular weight is 351 g/mol. The fourth-order valence-electron chi connectivity index (χ4n) is 3.49. The van der Waals surface area contributed by atoms with Gasteiger partial charge in [0.1, 0.15) is 11.9 Å². The summed E-state index contributed by atoms with van der Waals surface area (Å²) in [4.78, 5) is 28.6. The molecule has 3 rings (SSSR count). The topological polar surface area (TPSA) is 52.7 Å². The molecule has 24 heavy (non-hydrogen) atoms. The van der Waals surface area contributed by atoms with Crippen molar-refractivity contribution in [2.75, 3.05) is 31.2 Å². The third-order valence-electron chi connectivity index (χ3n) is 4.80. The standard InChI is InChI=1S/C17H22FN3O2S/c1-12(22)21-15(11-24-17(21)7-9-20(2)10-8-17)16(23)19-14-6-4-3-5-13(14)18/h3-6,15H,7-11H2,1-2H3,(H,19,23). The van der Waals surface area contributed by atoms with Gasteiger partial charge in [0.15, 0.2) is 0 Å². The molecule has 5 nitrogen and oxygen atoms in total. The van der Waals surface area contributed by atoms with E-state index in [1.165, 1.54) is 19.1 Å². The highest BCUT2D eigenvalue weighted by Gasteiger charge is 2.51. The molecule has 0 radical (unpaired) electrons. The van der Waals surface area contributed by atoms with Gasteiger partial charge in [-0.15, -0.1) is 11.8 Å². The molecule has 2 fully saturated rings. The first-order valence-corrected chi connectivity index (χ1v) is 9.09. The fourth-order valence-corrected chi connectivity index (χ4v) is 5.13. The van der Waals surface area contributed by atoms with Crippen molar-refractivity contribution < 1.29 is 14.0 Å². The first-order valence-electron chi connectivity index (χ1n) is 8.11. The highest BCUT2D eigenvalue weighted by molar-refractivity contribution is 8.01. The van der Waals surface area contributed by atoms with Gasteiger partial charge < -0.3 is 15.1 Å². The zero-order valence-corrected chi connectivity index (χ0v) is 14.7. The van der Waals surface area contributed by atoms with Crippen LogP contribution in [0, 0.1) is 5.82 Å². The second-order valence-electron chi connectivity index (χ2n) is 6.43. The number of benzene rings is 1.